The van der Waals surface area contributed by atoms with Gasteiger partial charge >= 0.3 is 0 Å². The summed E-state index contributed by atoms with van der Waals surface area (Å²) in [6.07, 6.45) is 2.44. The molecule has 2 N–H and O–H groups in total. The molecule has 2 aliphatic heterocycles. The lowest BCUT2D eigenvalue weighted by Crippen LogP contribution is -2.56. The van der Waals surface area contributed by atoms with E-state index in [1.807, 2.05) is 0 Å². The Hall–Kier alpha value is -2.31. The van der Waals surface area contributed by atoms with Crippen molar-refractivity contribution in [2.75, 3.05) is 12.0 Å². The normalized spacial score (nSPS) is 23.8. The van der Waals surface area contributed by atoms with Crippen LogP contribution in [0.3, 0.4) is 0 Å². The van der Waals surface area contributed by atoms with Gasteiger partial charge in [0.15, 0.2) is 11.4 Å². The number of amides is 1. The zero-order chi connectivity index (χ0) is 13.6. The average Bonchev–Trinajstić information content (AvgIpc) is 2.42. The van der Waals surface area contributed by atoms with Crippen LogP contribution in [0.15, 0.2) is 29.0 Å². The molecule has 0 bridgehead atoms. The van der Waals surface area contributed by atoms with Gasteiger partial charge in [0.2, 0.25) is 5.43 Å². The highest BCUT2D eigenvalue weighted by atomic mass is 19.1. The Labute approximate surface area is 107 Å². The molecule has 19 heavy (non-hydrogen) atoms. The molecule has 0 aliphatic carbocycles. The van der Waals surface area contributed by atoms with Crippen LogP contribution in [0.1, 0.15) is 23.3 Å². The first kappa shape index (κ1) is 11.8. The average molecular weight is 265 g/mol. The number of pyridine rings is 1. The highest BCUT2D eigenvalue weighted by Crippen LogP contribution is 2.28. The summed E-state index contributed by atoms with van der Waals surface area (Å²) in [5.74, 6) is -0.984. The number of hydrogen-bond acceptors (Lipinski definition) is 4. The van der Waals surface area contributed by atoms with E-state index in [1.54, 1.807) is 0 Å². The molecule has 1 fully saturated rings. The summed E-state index contributed by atoms with van der Waals surface area (Å²) in [7, 11) is 0. The van der Waals surface area contributed by atoms with Gasteiger partial charge < -0.3 is 15.4 Å². The number of hydrogen-bond donors (Lipinski definition) is 2. The van der Waals surface area contributed by atoms with Crippen molar-refractivity contribution in [2.45, 2.75) is 19.0 Å². The second kappa shape index (κ2) is 4.11. The summed E-state index contributed by atoms with van der Waals surface area (Å²) in [5.41, 5.74) is 2.94. The van der Waals surface area contributed by atoms with Crippen LogP contribution in [0, 0.1) is 0 Å². The van der Waals surface area contributed by atoms with E-state index in [0.29, 0.717) is 31.3 Å². The lowest BCUT2D eigenvalue weighted by molar-refractivity contribution is 0.0605. The van der Waals surface area contributed by atoms with Crippen molar-refractivity contribution >= 4 is 5.91 Å². The molecular weight excluding hydrogens is 253 g/mol. The molecule has 0 aromatic carbocycles. The zero-order valence-electron chi connectivity index (χ0n) is 9.97. The van der Waals surface area contributed by atoms with Crippen LogP contribution < -0.4 is 10.9 Å². The SMILES string of the molecule is O=C1c2c(O)c(=O)ccn2NC2C/C(=C/F)CCN12. The molecule has 0 saturated carbocycles. The molecule has 3 rings (SSSR count). The van der Waals surface area contributed by atoms with E-state index in [1.165, 1.54) is 21.8 Å². The number of carbonyl (C=O) groups is 1. The van der Waals surface area contributed by atoms with Gasteiger partial charge in [-0.1, -0.05) is 0 Å². The van der Waals surface area contributed by atoms with Gasteiger partial charge in [-0.15, -0.1) is 0 Å². The first-order valence-corrected chi connectivity index (χ1v) is 5.92. The van der Waals surface area contributed by atoms with Crippen LogP contribution in [-0.4, -0.2) is 33.3 Å². The second-order valence-electron chi connectivity index (χ2n) is 4.61. The van der Waals surface area contributed by atoms with Crippen LogP contribution in [0.5, 0.6) is 5.75 Å². The summed E-state index contributed by atoms with van der Waals surface area (Å²) in [4.78, 5) is 25.1. The summed E-state index contributed by atoms with van der Waals surface area (Å²) in [6.45, 7) is 0.356. The molecule has 7 heteroatoms. The molecule has 100 valence electrons. The van der Waals surface area contributed by atoms with Crippen molar-refractivity contribution in [2.24, 2.45) is 0 Å². The van der Waals surface area contributed by atoms with Crippen molar-refractivity contribution in [1.82, 2.24) is 9.58 Å². The number of carbonyl (C=O) groups excluding carboxylic acids is 1. The standard InChI is InChI=1S/C12H12FN3O3/c13-6-7-1-3-15-9(5-7)14-16-4-2-8(17)11(18)10(16)12(15)19/h2,4,6,9,14,18H,1,3,5H2/b7-6+. The monoisotopic (exact) mass is 265 g/mol. The minimum absolute atomic E-state index is 0.0728. The smallest absolute Gasteiger partial charge is 0.278 e. The summed E-state index contributed by atoms with van der Waals surface area (Å²) >= 11 is 0. The Kier molecular flexibility index (Phi) is 2.55. The third-order valence-corrected chi connectivity index (χ3v) is 3.49. The topological polar surface area (TPSA) is 74.6 Å². The van der Waals surface area contributed by atoms with E-state index in [0.717, 1.165) is 0 Å². The van der Waals surface area contributed by atoms with Crippen LogP contribution in [0.4, 0.5) is 4.39 Å². The molecule has 1 atom stereocenters. The van der Waals surface area contributed by atoms with Gasteiger partial charge in [0.05, 0.1) is 6.33 Å². The molecule has 0 radical (unpaired) electrons. The number of aromatic hydroxyl groups is 1. The van der Waals surface area contributed by atoms with Crippen LogP contribution in [0.2, 0.25) is 0 Å². The molecule has 1 aromatic heterocycles. The number of aromatic nitrogens is 1. The van der Waals surface area contributed by atoms with Crippen LogP contribution in [0.25, 0.3) is 0 Å². The number of halogens is 1. The fraction of sp³-hybridized carbons (Fsp3) is 0.333. The summed E-state index contributed by atoms with van der Waals surface area (Å²) < 4.78 is 13.9. The summed E-state index contributed by atoms with van der Waals surface area (Å²) in [5, 5.41) is 9.71. The predicted octanol–water partition coefficient (Wildman–Crippen LogP) is 0.526. The molecule has 0 spiro atoms. The van der Waals surface area contributed by atoms with E-state index < -0.39 is 17.1 Å². The Balaban J connectivity index is 2.05. The fourth-order valence-electron chi connectivity index (χ4n) is 2.47. The Morgan fingerprint density at radius 2 is 2.26 bits per heavy atom. The van der Waals surface area contributed by atoms with E-state index >= 15 is 0 Å². The number of fused-ring (bicyclic) bond motifs is 2. The van der Waals surface area contributed by atoms with Crippen molar-refractivity contribution in [3.05, 3.63) is 40.1 Å². The molecule has 1 aromatic rings. The third-order valence-electron chi connectivity index (χ3n) is 3.49. The van der Waals surface area contributed by atoms with Crippen LogP contribution >= 0.6 is 0 Å². The van der Waals surface area contributed by atoms with Gasteiger partial charge in [-0.25, -0.2) is 4.39 Å². The van der Waals surface area contributed by atoms with Crippen LogP contribution in [-0.2, 0) is 0 Å². The minimum atomic E-state index is -0.596. The van der Waals surface area contributed by atoms with Gasteiger partial charge in [0.25, 0.3) is 5.91 Å². The largest absolute Gasteiger partial charge is 0.502 e. The second-order valence-corrected chi connectivity index (χ2v) is 4.61. The first-order chi connectivity index (χ1) is 9.11. The minimum Gasteiger partial charge on any atom is -0.502 e. The van der Waals surface area contributed by atoms with E-state index in [2.05, 4.69) is 5.43 Å². The lowest BCUT2D eigenvalue weighted by Gasteiger charge is -2.42. The van der Waals surface area contributed by atoms with Gasteiger partial charge in [0, 0.05) is 25.2 Å². The van der Waals surface area contributed by atoms with Gasteiger partial charge in [-0.3, -0.25) is 14.3 Å². The molecule has 1 saturated heterocycles. The number of nitrogens with one attached hydrogen (secondary N) is 1. The Bertz CT molecular complexity index is 638. The molecule has 1 amide bonds. The Morgan fingerprint density at radius 3 is 3.00 bits per heavy atom. The van der Waals surface area contributed by atoms with E-state index in [9.17, 15) is 19.1 Å². The highest BCUT2D eigenvalue weighted by Gasteiger charge is 2.37. The third kappa shape index (κ3) is 1.69. The van der Waals surface area contributed by atoms with E-state index in [-0.39, 0.29) is 11.9 Å². The highest BCUT2D eigenvalue weighted by molar-refractivity contribution is 5.96. The molecule has 3 heterocycles. The molecule has 6 nitrogen and oxygen atoms in total. The molecular formula is C12H12FN3O3. The van der Waals surface area contributed by atoms with Gasteiger partial charge in [-0.2, -0.15) is 0 Å². The first-order valence-electron chi connectivity index (χ1n) is 5.92. The van der Waals surface area contributed by atoms with Crippen molar-refractivity contribution in [1.29, 1.82) is 0 Å². The number of rotatable bonds is 0. The quantitative estimate of drug-likeness (QED) is 0.717. The maximum atomic E-state index is 12.6. The van der Waals surface area contributed by atoms with Crippen molar-refractivity contribution < 1.29 is 14.3 Å². The predicted molar refractivity (Wildman–Crippen MR) is 65.0 cm³/mol. The van der Waals surface area contributed by atoms with Gasteiger partial charge in [0.1, 0.15) is 6.17 Å². The maximum absolute atomic E-state index is 12.6. The van der Waals surface area contributed by atoms with Crippen molar-refractivity contribution in [3.63, 3.8) is 0 Å². The zero-order valence-corrected chi connectivity index (χ0v) is 9.97. The van der Waals surface area contributed by atoms with Gasteiger partial charge in [-0.05, 0) is 12.0 Å². The molecule has 2 aliphatic rings. The number of nitrogens with zero attached hydrogens (tertiary/aromatic N) is 2. The fourth-order valence-corrected chi connectivity index (χ4v) is 2.47. The summed E-state index contributed by atoms with van der Waals surface area (Å²) in [6, 6.07) is 1.17. The Morgan fingerprint density at radius 1 is 1.47 bits per heavy atom. The number of piperidine rings is 1. The van der Waals surface area contributed by atoms with E-state index in [4.69, 9.17) is 0 Å². The maximum Gasteiger partial charge on any atom is 0.278 e. The van der Waals surface area contributed by atoms with Crippen molar-refractivity contribution in [3.8, 4) is 5.75 Å². The molecule has 1 unspecified atom stereocenters. The lowest BCUT2D eigenvalue weighted by atomic mass is 10.0.